The van der Waals surface area contributed by atoms with Crippen LogP contribution in [0.25, 0.3) is 5.69 Å². The van der Waals surface area contributed by atoms with Gasteiger partial charge in [-0.15, -0.1) is 0 Å². The first-order chi connectivity index (χ1) is 11.5. The number of amides is 1. The third-order valence-corrected chi connectivity index (χ3v) is 3.57. The molecule has 0 bridgehead atoms. The number of benzene rings is 1. The highest BCUT2D eigenvalue weighted by atomic mass is 16.5. The number of nitriles is 1. The third-order valence-electron chi connectivity index (χ3n) is 3.57. The van der Waals surface area contributed by atoms with E-state index < -0.39 is 6.09 Å². The van der Waals surface area contributed by atoms with Gasteiger partial charge in [0, 0.05) is 13.1 Å². The number of likely N-dealkylation sites (N-methyl/N-ethyl adjacent to an activating group) is 1. The molecule has 0 unspecified atom stereocenters. The Morgan fingerprint density at radius 1 is 1.29 bits per heavy atom. The van der Waals surface area contributed by atoms with Gasteiger partial charge in [0.05, 0.1) is 18.5 Å². The van der Waals surface area contributed by atoms with E-state index >= 15 is 0 Å². The molecular formula is C17H21N5O2. The predicted octanol–water partition coefficient (Wildman–Crippen LogP) is 2.19. The lowest BCUT2D eigenvalue weighted by atomic mass is 10.2. The van der Waals surface area contributed by atoms with Crippen molar-refractivity contribution in [3.05, 3.63) is 41.6 Å². The highest BCUT2D eigenvalue weighted by molar-refractivity contribution is 5.89. The van der Waals surface area contributed by atoms with E-state index in [1.165, 1.54) is 12.0 Å². The zero-order valence-corrected chi connectivity index (χ0v) is 14.4. The van der Waals surface area contributed by atoms with Crippen LogP contribution in [0.15, 0.2) is 30.3 Å². The highest BCUT2D eigenvalue weighted by Gasteiger charge is 2.27. The summed E-state index contributed by atoms with van der Waals surface area (Å²) in [4.78, 5) is 15.7. The molecule has 7 heteroatoms. The Balaban J connectivity index is 2.60. The SMILES string of the molecule is COC(=O)N(CCN(C)C)c1c(C#N)c(C)nn1-c1ccccc1. The zero-order chi connectivity index (χ0) is 17.7. The van der Waals surface area contributed by atoms with Gasteiger partial charge in [0.25, 0.3) is 0 Å². The predicted molar refractivity (Wildman–Crippen MR) is 91.3 cm³/mol. The van der Waals surface area contributed by atoms with E-state index in [2.05, 4.69) is 11.2 Å². The van der Waals surface area contributed by atoms with Gasteiger partial charge < -0.3 is 9.64 Å². The second kappa shape index (κ2) is 7.62. The van der Waals surface area contributed by atoms with Crippen molar-refractivity contribution in [3.63, 3.8) is 0 Å². The summed E-state index contributed by atoms with van der Waals surface area (Å²) in [7, 11) is 5.16. The van der Waals surface area contributed by atoms with Crippen LogP contribution in [0.4, 0.5) is 10.6 Å². The number of nitrogens with zero attached hydrogens (tertiary/aromatic N) is 5. The lowest BCUT2D eigenvalue weighted by molar-refractivity contribution is 0.177. The Morgan fingerprint density at radius 3 is 2.50 bits per heavy atom. The average Bonchev–Trinajstić information content (AvgIpc) is 2.91. The summed E-state index contributed by atoms with van der Waals surface area (Å²) >= 11 is 0. The maximum atomic E-state index is 12.3. The molecule has 0 aliphatic heterocycles. The molecule has 0 aliphatic rings. The molecule has 0 fully saturated rings. The van der Waals surface area contributed by atoms with E-state index in [4.69, 9.17) is 4.74 Å². The van der Waals surface area contributed by atoms with Gasteiger partial charge in [0.2, 0.25) is 0 Å². The minimum Gasteiger partial charge on any atom is -0.452 e. The fraction of sp³-hybridized carbons (Fsp3) is 0.353. The van der Waals surface area contributed by atoms with Crippen LogP contribution in [0.3, 0.4) is 0 Å². The van der Waals surface area contributed by atoms with Gasteiger partial charge >= 0.3 is 6.09 Å². The standard InChI is InChI=1S/C17H21N5O2/c1-13-15(12-18)16(21(17(23)24-4)11-10-20(2)3)22(19-13)14-8-6-5-7-9-14/h5-9H,10-11H2,1-4H3. The second-order valence-electron chi connectivity index (χ2n) is 5.57. The minimum atomic E-state index is -0.523. The Kier molecular flexibility index (Phi) is 5.55. The number of rotatable bonds is 5. The molecule has 126 valence electrons. The van der Waals surface area contributed by atoms with Crippen molar-refractivity contribution in [1.82, 2.24) is 14.7 Å². The second-order valence-corrected chi connectivity index (χ2v) is 5.57. The van der Waals surface area contributed by atoms with Crippen LogP contribution in [-0.4, -0.2) is 55.1 Å². The molecule has 0 saturated carbocycles. The molecule has 1 aromatic heterocycles. The van der Waals surface area contributed by atoms with Crippen LogP contribution in [-0.2, 0) is 4.74 Å². The molecule has 7 nitrogen and oxygen atoms in total. The number of anilines is 1. The Morgan fingerprint density at radius 2 is 1.96 bits per heavy atom. The fourth-order valence-corrected chi connectivity index (χ4v) is 2.34. The minimum absolute atomic E-state index is 0.364. The first-order valence-electron chi connectivity index (χ1n) is 7.55. The molecule has 0 saturated heterocycles. The number of aryl methyl sites for hydroxylation is 1. The van der Waals surface area contributed by atoms with E-state index in [0.717, 1.165) is 5.69 Å². The number of hydrogen-bond donors (Lipinski definition) is 0. The van der Waals surface area contributed by atoms with Gasteiger partial charge in [-0.3, -0.25) is 4.90 Å². The first kappa shape index (κ1) is 17.5. The van der Waals surface area contributed by atoms with Crippen molar-refractivity contribution < 1.29 is 9.53 Å². The monoisotopic (exact) mass is 327 g/mol. The molecule has 0 spiro atoms. The van der Waals surface area contributed by atoms with Crippen molar-refractivity contribution in [3.8, 4) is 11.8 Å². The van der Waals surface area contributed by atoms with Crippen molar-refractivity contribution in [2.24, 2.45) is 0 Å². The van der Waals surface area contributed by atoms with Crippen molar-refractivity contribution in [2.75, 3.05) is 39.2 Å². The van der Waals surface area contributed by atoms with Crippen molar-refractivity contribution in [1.29, 1.82) is 5.26 Å². The van der Waals surface area contributed by atoms with E-state index in [1.807, 2.05) is 49.3 Å². The van der Waals surface area contributed by atoms with E-state index in [1.54, 1.807) is 11.6 Å². The molecular weight excluding hydrogens is 306 g/mol. The quantitative estimate of drug-likeness (QED) is 0.841. The summed E-state index contributed by atoms with van der Waals surface area (Å²) in [6, 6.07) is 11.6. The molecule has 0 aliphatic carbocycles. The molecule has 0 radical (unpaired) electrons. The van der Waals surface area contributed by atoms with E-state index in [-0.39, 0.29) is 0 Å². The van der Waals surface area contributed by atoms with Crippen LogP contribution in [0.5, 0.6) is 0 Å². The van der Waals surface area contributed by atoms with Crippen LogP contribution < -0.4 is 4.90 Å². The number of aromatic nitrogens is 2. The fourth-order valence-electron chi connectivity index (χ4n) is 2.34. The van der Waals surface area contributed by atoms with Gasteiger partial charge in [-0.05, 0) is 33.2 Å². The maximum Gasteiger partial charge on any atom is 0.415 e. The molecule has 1 heterocycles. The number of ether oxygens (including phenoxy) is 1. The summed E-state index contributed by atoms with van der Waals surface area (Å²) in [5, 5.41) is 14.0. The number of carbonyl (C=O) groups is 1. The van der Waals surface area contributed by atoms with E-state index in [9.17, 15) is 10.1 Å². The molecule has 24 heavy (non-hydrogen) atoms. The highest BCUT2D eigenvalue weighted by Crippen LogP contribution is 2.27. The normalized spacial score (nSPS) is 10.5. The molecule has 1 amide bonds. The third kappa shape index (κ3) is 3.55. The van der Waals surface area contributed by atoms with Crippen molar-refractivity contribution in [2.45, 2.75) is 6.92 Å². The smallest absolute Gasteiger partial charge is 0.415 e. The Hall–Kier alpha value is -2.85. The lowest BCUT2D eigenvalue weighted by Crippen LogP contribution is -2.38. The van der Waals surface area contributed by atoms with Gasteiger partial charge in [0.1, 0.15) is 11.6 Å². The lowest BCUT2D eigenvalue weighted by Gasteiger charge is -2.24. The van der Waals surface area contributed by atoms with Crippen LogP contribution in [0.1, 0.15) is 11.3 Å². The number of para-hydroxylation sites is 1. The number of hydrogen-bond acceptors (Lipinski definition) is 5. The summed E-state index contributed by atoms with van der Waals surface area (Å²) in [5.41, 5.74) is 1.70. The zero-order valence-electron chi connectivity index (χ0n) is 14.4. The topological polar surface area (TPSA) is 74.4 Å². The van der Waals surface area contributed by atoms with Crippen LogP contribution >= 0.6 is 0 Å². The summed E-state index contributed by atoms with van der Waals surface area (Å²) in [6.07, 6.45) is -0.523. The van der Waals surface area contributed by atoms with Gasteiger partial charge in [-0.1, -0.05) is 18.2 Å². The molecule has 2 aromatic rings. The van der Waals surface area contributed by atoms with E-state index in [0.29, 0.717) is 30.2 Å². The number of methoxy groups -OCH3 is 1. The first-order valence-corrected chi connectivity index (χ1v) is 7.55. The summed E-state index contributed by atoms with van der Waals surface area (Å²) in [5.74, 6) is 0.426. The maximum absolute atomic E-state index is 12.3. The van der Waals surface area contributed by atoms with Gasteiger partial charge in [-0.25, -0.2) is 9.48 Å². The van der Waals surface area contributed by atoms with Crippen LogP contribution in [0.2, 0.25) is 0 Å². The molecule has 0 N–H and O–H groups in total. The largest absolute Gasteiger partial charge is 0.452 e. The Bertz CT molecular complexity index is 746. The molecule has 0 atom stereocenters. The number of carbonyl (C=O) groups excluding carboxylic acids is 1. The summed E-state index contributed by atoms with van der Waals surface area (Å²) in [6.45, 7) is 2.76. The average molecular weight is 327 g/mol. The van der Waals surface area contributed by atoms with Gasteiger partial charge in [0.15, 0.2) is 5.82 Å². The van der Waals surface area contributed by atoms with Crippen molar-refractivity contribution >= 4 is 11.9 Å². The molecule has 2 rings (SSSR count). The van der Waals surface area contributed by atoms with Gasteiger partial charge in [-0.2, -0.15) is 10.4 Å². The Labute approximate surface area is 141 Å². The molecule has 1 aromatic carbocycles. The van der Waals surface area contributed by atoms with Crippen LogP contribution in [0, 0.1) is 18.3 Å². The summed E-state index contributed by atoms with van der Waals surface area (Å²) < 4.78 is 6.53.